The molecule has 3 unspecified atom stereocenters. The second-order valence-electron chi connectivity index (χ2n) is 7.79. The Kier molecular flexibility index (Phi) is 17.0. The summed E-state index contributed by atoms with van der Waals surface area (Å²) < 4.78 is 0. The first-order valence-electron chi connectivity index (χ1n) is 11.3. The van der Waals surface area contributed by atoms with Crippen LogP contribution in [0.3, 0.4) is 0 Å². The number of hydrogen-bond acceptors (Lipinski definition) is 4. The van der Waals surface area contributed by atoms with E-state index >= 15 is 0 Å². The fourth-order valence-corrected chi connectivity index (χ4v) is 3.78. The Balaban J connectivity index is 4.15. The van der Waals surface area contributed by atoms with Crippen molar-refractivity contribution in [3.05, 3.63) is 0 Å². The number of carboxylic acid groups (broad SMARTS) is 1. The van der Waals surface area contributed by atoms with Gasteiger partial charge < -0.3 is 20.2 Å². The van der Waals surface area contributed by atoms with Gasteiger partial charge in [-0.05, 0) is 38.8 Å². The van der Waals surface area contributed by atoms with E-state index in [4.69, 9.17) is 5.11 Å². The van der Waals surface area contributed by atoms with Gasteiger partial charge in [-0.15, -0.1) is 0 Å². The molecular formula is C22H45NO4. The molecule has 0 aromatic heterocycles. The minimum Gasteiger partial charge on any atom is -0.481 e. The van der Waals surface area contributed by atoms with Crippen molar-refractivity contribution < 1.29 is 20.1 Å². The van der Waals surface area contributed by atoms with E-state index in [0.717, 1.165) is 51.6 Å². The summed E-state index contributed by atoms with van der Waals surface area (Å²) in [6, 6.07) is 0.345. The predicted molar refractivity (Wildman–Crippen MR) is 112 cm³/mol. The zero-order valence-electron chi connectivity index (χ0n) is 18.0. The zero-order valence-corrected chi connectivity index (χ0v) is 18.0. The van der Waals surface area contributed by atoms with Crippen LogP contribution in [0.2, 0.25) is 0 Å². The number of hydrogen-bond donors (Lipinski definition) is 3. The molecule has 0 aromatic carbocycles. The third-order valence-corrected chi connectivity index (χ3v) is 5.57. The molecule has 5 nitrogen and oxygen atoms in total. The maximum atomic E-state index is 10.5. The Morgan fingerprint density at radius 1 is 0.778 bits per heavy atom. The lowest BCUT2D eigenvalue weighted by molar-refractivity contribution is -0.137. The first kappa shape index (κ1) is 26.4. The lowest BCUT2D eigenvalue weighted by Gasteiger charge is -2.32. The Morgan fingerprint density at radius 2 is 1.33 bits per heavy atom. The molecule has 5 heteroatoms. The first-order valence-corrected chi connectivity index (χ1v) is 11.3. The summed E-state index contributed by atoms with van der Waals surface area (Å²) in [4.78, 5) is 12.9. The summed E-state index contributed by atoms with van der Waals surface area (Å²) in [6.07, 6.45) is 10.7. The highest BCUT2D eigenvalue weighted by Gasteiger charge is 2.23. The molecule has 0 aliphatic rings. The number of rotatable bonds is 19. The molecule has 0 aliphatic carbocycles. The van der Waals surface area contributed by atoms with Gasteiger partial charge in [0, 0.05) is 12.5 Å². The van der Waals surface area contributed by atoms with E-state index in [2.05, 4.69) is 25.7 Å². The van der Waals surface area contributed by atoms with Crippen LogP contribution in [0, 0.1) is 0 Å². The van der Waals surface area contributed by atoms with Crippen LogP contribution in [0.15, 0.2) is 0 Å². The molecular weight excluding hydrogens is 342 g/mol. The number of carbonyl (C=O) groups is 1. The van der Waals surface area contributed by atoms with Gasteiger partial charge in [0.05, 0.1) is 12.2 Å². The minimum atomic E-state index is -0.731. The van der Waals surface area contributed by atoms with Gasteiger partial charge in [-0.1, -0.05) is 72.1 Å². The number of aliphatic hydroxyl groups excluding tert-OH is 2. The Labute approximate surface area is 167 Å². The van der Waals surface area contributed by atoms with E-state index in [1.807, 2.05) is 0 Å². The van der Waals surface area contributed by atoms with Gasteiger partial charge in [-0.25, -0.2) is 0 Å². The van der Waals surface area contributed by atoms with E-state index in [-0.39, 0.29) is 6.42 Å². The number of nitrogens with zero attached hydrogens (tertiary/aromatic N) is 1. The number of unbranched alkanes of at least 4 members (excludes halogenated alkanes) is 7. The van der Waals surface area contributed by atoms with Crippen LogP contribution in [-0.4, -0.2) is 57.5 Å². The van der Waals surface area contributed by atoms with Crippen LogP contribution in [0.25, 0.3) is 0 Å². The van der Waals surface area contributed by atoms with Crippen LogP contribution in [-0.2, 0) is 4.79 Å². The standard InChI is InChI=1S/C22H45NO4/c1-4-7-8-12-15-19(23(5-2)6-3)18-21(25)20(24)16-13-10-9-11-14-17-22(26)27/h19-21,24-25H,4-18H2,1-3H3,(H,26,27). The SMILES string of the molecule is CCCCCCC(CC(O)C(O)CCCCCCCC(=O)O)N(CC)CC. The van der Waals surface area contributed by atoms with Gasteiger partial charge in [-0.2, -0.15) is 0 Å². The molecule has 0 heterocycles. The molecule has 0 aromatic rings. The van der Waals surface area contributed by atoms with Gasteiger partial charge in [0.25, 0.3) is 0 Å². The third-order valence-electron chi connectivity index (χ3n) is 5.57. The predicted octanol–water partition coefficient (Wildman–Crippen LogP) is 4.59. The average molecular weight is 388 g/mol. The van der Waals surface area contributed by atoms with E-state index in [1.165, 1.54) is 25.7 Å². The van der Waals surface area contributed by atoms with Crippen LogP contribution in [0.4, 0.5) is 0 Å². The lowest BCUT2D eigenvalue weighted by Crippen LogP contribution is -2.40. The highest BCUT2D eigenvalue weighted by atomic mass is 16.4. The number of aliphatic carboxylic acids is 1. The van der Waals surface area contributed by atoms with Crippen molar-refractivity contribution in [3.63, 3.8) is 0 Å². The highest BCUT2D eigenvalue weighted by Crippen LogP contribution is 2.19. The van der Waals surface area contributed by atoms with Crippen molar-refractivity contribution in [2.45, 2.75) is 122 Å². The first-order chi connectivity index (χ1) is 13.0. The Hall–Kier alpha value is -0.650. The number of carboxylic acids is 1. The molecule has 0 fully saturated rings. The van der Waals surface area contributed by atoms with Gasteiger partial charge in [0.1, 0.15) is 0 Å². The smallest absolute Gasteiger partial charge is 0.303 e. The molecule has 0 rings (SSSR count). The molecule has 0 spiro atoms. The van der Waals surface area contributed by atoms with E-state index in [9.17, 15) is 15.0 Å². The summed E-state index contributed by atoms with van der Waals surface area (Å²) >= 11 is 0. The summed E-state index contributed by atoms with van der Waals surface area (Å²) in [5.41, 5.74) is 0. The average Bonchev–Trinajstić information content (AvgIpc) is 2.64. The summed E-state index contributed by atoms with van der Waals surface area (Å²) in [6.45, 7) is 8.50. The molecule has 162 valence electrons. The molecule has 0 amide bonds. The Bertz CT molecular complexity index is 347. The number of aliphatic hydroxyl groups is 2. The fraction of sp³-hybridized carbons (Fsp3) is 0.955. The zero-order chi connectivity index (χ0) is 20.5. The van der Waals surface area contributed by atoms with Crippen molar-refractivity contribution in [1.82, 2.24) is 4.90 Å². The highest BCUT2D eigenvalue weighted by molar-refractivity contribution is 5.66. The van der Waals surface area contributed by atoms with Crippen LogP contribution in [0.1, 0.15) is 104 Å². The molecule has 0 saturated carbocycles. The molecule has 0 aliphatic heterocycles. The van der Waals surface area contributed by atoms with Crippen molar-refractivity contribution in [2.24, 2.45) is 0 Å². The fourth-order valence-electron chi connectivity index (χ4n) is 3.78. The normalized spacial score (nSPS) is 15.0. The molecule has 0 radical (unpaired) electrons. The van der Waals surface area contributed by atoms with Gasteiger partial charge in [-0.3, -0.25) is 4.79 Å². The van der Waals surface area contributed by atoms with Gasteiger partial charge in [0.2, 0.25) is 0 Å². The quantitative estimate of drug-likeness (QED) is 0.282. The summed E-state index contributed by atoms with van der Waals surface area (Å²) in [5, 5.41) is 29.4. The van der Waals surface area contributed by atoms with Crippen molar-refractivity contribution in [3.8, 4) is 0 Å². The van der Waals surface area contributed by atoms with Crippen molar-refractivity contribution >= 4 is 5.97 Å². The molecule has 0 saturated heterocycles. The second-order valence-corrected chi connectivity index (χ2v) is 7.79. The van der Waals surface area contributed by atoms with Gasteiger partial charge in [0.15, 0.2) is 0 Å². The molecule has 3 N–H and O–H groups in total. The lowest BCUT2D eigenvalue weighted by atomic mass is 9.95. The minimum absolute atomic E-state index is 0.242. The Morgan fingerprint density at radius 3 is 1.93 bits per heavy atom. The largest absolute Gasteiger partial charge is 0.481 e. The molecule has 0 bridgehead atoms. The summed E-state index contributed by atoms with van der Waals surface area (Å²) in [5.74, 6) is -0.731. The monoisotopic (exact) mass is 387 g/mol. The van der Waals surface area contributed by atoms with E-state index in [0.29, 0.717) is 18.9 Å². The molecule has 27 heavy (non-hydrogen) atoms. The maximum Gasteiger partial charge on any atom is 0.303 e. The second kappa shape index (κ2) is 17.4. The van der Waals surface area contributed by atoms with Crippen molar-refractivity contribution in [2.75, 3.05) is 13.1 Å². The van der Waals surface area contributed by atoms with Gasteiger partial charge >= 0.3 is 5.97 Å². The maximum absolute atomic E-state index is 10.5. The summed E-state index contributed by atoms with van der Waals surface area (Å²) in [7, 11) is 0. The van der Waals surface area contributed by atoms with E-state index < -0.39 is 18.2 Å². The van der Waals surface area contributed by atoms with Crippen LogP contribution < -0.4 is 0 Å². The molecule has 3 atom stereocenters. The van der Waals surface area contributed by atoms with Crippen molar-refractivity contribution in [1.29, 1.82) is 0 Å². The van der Waals surface area contributed by atoms with Crippen LogP contribution >= 0.6 is 0 Å². The topological polar surface area (TPSA) is 81.0 Å². The van der Waals surface area contributed by atoms with Crippen LogP contribution in [0.5, 0.6) is 0 Å². The van der Waals surface area contributed by atoms with E-state index in [1.54, 1.807) is 0 Å². The third kappa shape index (κ3) is 14.1.